The summed E-state index contributed by atoms with van der Waals surface area (Å²) in [6.45, 7) is 4.71. The molecule has 1 spiro atoms. The number of rotatable bonds is 11. The van der Waals surface area contributed by atoms with Crippen molar-refractivity contribution in [3.63, 3.8) is 0 Å². The molecule has 5 aliphatic rings. The van der Waals surface area contributed by atoms with Crippen LogP contribution in [0.4, 0.5) is 32.1 Å². The summed E-state index contributed by atoms with van der Waals surface area (Å²) in [5.74, 6) is 1.21. The van der Waals surface area contributed by atoms with Crippen LogP contribution in [0.3, 0.4) is 0 Å². The maximum Gasteiger partial charge on any atom is 0.328 e. The Labute approximate surface area is 364 Å². The molecule has 2 aromatic carbocycles. The van der Waals surface area contributed by atoms with Crippen LogP contribution < -0.4 is 30.5 Å². The number of nitrogens with zero attached hydrogens (tertiary/aromatic N) is 7. The summed E-state index contributed by atoms with van der Waals surface area (Å²) in [5.41, 5.74) is 8.03. The fraction of sp³-hybridized carbons (Fsp3) is 0.435. The van der Waals surface area contributed by atoms with E-state index >= 15 is 0 Å². The number of aromatic nitrogens is 4. The number of hydrogen-bond acceptors (Lipinski definition) is 10. The minimum absolute atomic E-state index is 0.246. The van der Waals surface area contributed by atoms with Gasteiger partial charge in [-0.3, -0.25) is 29.7 Å². The molecule has 4 amide bonds. The topological polar surface area (TPSA) is 149 Å². The molecule has 2 aliphatic carbocycles. The van der Waals surface area contributed by atoms with Gasteiger partial charge in [0.05, 0.1) is 40.9 Å². The van der Waals surface area contributed by atoms with Crippen molar-refractivity contribution in [3.8, 4) is 17.0 Å². The highest BCUT2D eigenvalue weighted by atomic mass is 35.5. The van der Waals surface area contributed by atoms with E-state index in [0.717, 1.165) is 68.1 Å². The van der Waals surface area contributed by atoms with Crippen molar-refractivity contribution in [2.45, 2.75) is 76.5 Å². The van der Waals surface area contributed by atoms with E-state index in [1.807, 2.05) is 25.4 Å². The molecule has 62 heavy (non-hydrogen) atoms. The van der Waals surface area contributed by atoms with Crippen LogP contribution >= 0.6 is 11.6 Å². The summed E-state index contributed by atoms with van der Waals surface area (Å²) in [6, 6.07) is 17.1. The van der Waals surface area contributed by atoms with E-state index in [9.17, 15) is 18.8 Å². The molecule has 2 saturated carbocycles. The molecule has 16 heteroatoms. The lowest BCUT2D eigenvalue weighted by molar-refractivity contribution is -0.120. The number of nitrogens with one attached hydrogen (secondary N) is 3. The molecule has 4 fully saturated rings. The second kappa shape index (κ2) is 16.5. The van der Waals surface area contributed by atoms with Gasteiger partial charge in [-0.25, -0.2) is 18.7 Å². The molecule has 6 heterocycles. The number of carbonyl (C=O) groups excluding carboxylic acids is 3. The first-order chi connectivity index (χ1) is 30.1. The summed E-state index contributed by atoms with van der Waals surface area (Å²) < 4.78 is 21.3. The standard InChI is InChI=1S/C46H50ClFN10O4/c1-49-37-23-41(54-58-40(25-51-43(37)58)44(60)52-36-22-34(36)48)56-17-11-32-31(3-2-4-38(32)56)35-7-5-29(24-50-35)26-55-19-15-46(16-20-55)13-9-28(10-14-46)27-62-30-6-8-39(33(47)21-30)57-18-12-42(59)53-45(57)61/h2-8,21,23-25,28,34,36,49H,9-20,22,26-27H2,1H3,(H,52,60)(H,53,59,61)/t34-,36+/m0/s1. The SMILES string of the molecule is CNc1cc(N2CCc3c(-c4ccc(CN5CCC6(CCC(COc7ccc(N8CCC(=O)NC8=O)c(Cl)c7)CC6)CC5)cn4)cccc32)nn2c(C(=O)N[C@@H]3C[C@@H]3F)cnc12. The number of likely N-dealkylation sites (tertiary alicyclic amines) is 1. The zero-order valence-electron chi connectivity index (χ0n) is 34.7. The van der Waals surface area contributed by atoms with Gasteiger partial charge >= 0.3 is 6.03 Å². The Morgan fingerprint density at radius 2 is 1.76 bits per heavy atom. The number of halogens is 2. The molecule has 0 unspecified atom stereocenters. The van der Waals surface area contributed by atoms with E-state index in [1.54, 1.807) is 16.6 Å². The fourth-order valence-electron chi connectivity index (χ4n) is 9.78. The number of urea groups is 1. The predicted octanol–water partition coefficient (Wildman–Crippen LogP) is 7.32. The molecule has 2 saturated heterocycles. The Morgan fingerprint density at radius 3 is 2.48 bits per heavy atom. The van der Waals surface area contributed by atoms with Gasteiger partial charge in [0.1, 0.15) is 11.9 Å². The Balaban J connectivity index is 0.726. The van der Waals surface area contributed by atoms with E-state index in [1.165, 1.54) is 47.9 Å². The largest absolute Gasteiger partial charge is 0.493 e. The van der Waals surface area contributed by atoms with Crippen LogP contribution in [0.25, 0.3) is 16.9 Å². The van der Waals surface area contributed by atoms with Gasteiger partial charge in [-0.15, -0.1) is 5.10 Å². The Kier molecular flexibility index (Phi) is 10.7. The van der Waals surface area contributed by atoms with Crippen LogP contribution in [-0.2, 0) is 17.8 Å². The summed E-state index contributed by atoms with van der Waals surface area (Å²) in [4.78, 5) is 52.5. The van der Waals surface area contributed by atoms with E-state index in [2.05, 4.69) is 61.1 Å². The summed E-state index contributed by atoms with van der Waals surface area (Å²) in [6.07, 6.45) is 11.1. The molecule has 2 atom stereocenters. The highest BCUT2D eigenvalue weighted by Crippen LogP contribution is 2.47. The summed E-state index contributed by atoms with van der Waals surface area (Å²) in [5, 5.41) is 13.6. The summed E-state index contributed by atoms with van der Waals surface area (Å²) >= 11 is 6.54. The van der Waals surface area contributed by atoms with Crippen LogP contribution in [0.5, 0.6) is 5.75 Å². The maximum atomic E-state index is 13.6. The molecular weight excluding hydrogens is 811 g/mol. The van der Waals surface area contributed by atoms with Gasteiger partial charge in [0, 0.05) is 69.1 Å². The molecule has 0 radical (unpaired) electrons. The van der Waals surface area contributed by atoms with E-state index < -0.39 is 18.2 Å². The fourth-order valence-corrected chi connectivity index (χ4v) is 10.0. The Morgan fingerprint density at radius 1 is 0.952 bits per heavy atom. The normalized spacial score (nSPS) is 21.3. The number of imide groups is 1. The minimum Gasteiger partial charge on any atom is -0.493 e. The smallest absolute Gasteiger partial charge is 0.328 e. The molecule has 3 aromatic heterocycles. The van der Waals surface area contributed by atoms with E-state index in [0.29, 0.717) is 58.8 Å². The van der Waals surface area contributed by atoms with Gasteiger partial charge in [-0.2, -0.15) is 0 Å². The van der Waals surface area contributed by atoms with Gasteiger partial charge in [0.25, 0.3) is 5.91 Å². The molecule has 3 aliphatic heterocycles. The van der Waals surface area contributed by atoms with Gasteiger partial charge in [-0.1, -0.05) is 29.8 Å². The Bertz CT molecular complexity index is 2530. The van der Waals surface area contributed by atoms with E-state index in [-0.39, 0.29) is 23.9 Å². The highest BCUT2D eigenvalue weighted by molar-refractivity contribution is 6.34. The zero-order valence-corrected chi connectivity index (χ0v) is 35.5. The third-order valence-electron chi connectivity index (χ3n) is 13.6. The van der Waals surface area contributed by atoms with Crippen LogP contribution in [-0.4, -0.2) is 94.4 Å². The monoisotopic (exact) mass is 860 g/mol. The molecule has 14 nitrogen and oxygen atoms in total. The number of carbonyl (C=O) groups is 3. The number of hydrogen-bond donors (Lipinski definition) is 3. The minimum atomic E-state index is -1.00. The van der Waals surface area contributed by atoms with Gasteiger partial charge in [-0.05, 0) is 105 Å². The van der Waals surface area contributed by atoms with Crippen LogP contribution in [0.1, 0.15) is 73.0 Å². The molecular formula is C46H50ClFN10O4. The Hall–Kier alpha value is -5.80. The molecule has 10 rings (SSSR count). The van der Waals surface area contributed by atoms with Crippen molar-refractivity contribution in [1.82, 2.24) is 35.1 Å². The number of anilines is 4. The van der Waals surface area contributed by atoms with Crippen LogP contribution in [0, 0.1) is 11.3 Å². The highest BCUT2D eigenvalue weighted by Gasteiger charge is 2.40. The second-order valence-corrected chi connectivity index (χ2v) is 17.9. The van der Waals surface area contributed by atoms with Crippen molar-refractivity contribution < 1.29 is 23.5 Å². The van der Waals surface area contributed by atoms with Gasteiger partial charge < -0.3 is 20.3 Å². The van der Waals surface area contributed by atoms with E-state index in [4.69, 9.17) is 26.4 Å². The number of piperidine rings is 1. The predicted molar refractivity (Wildman–Crippen MR) is 235 cm³/mol. The quantitative estimate of drug-likeness (QED) is 0.123. The molecule has 5 aromatic rings. The average molecular weight is 861 g/mol. The number of ether oxygens (including phenoxy) is 1. The third kappa shape index (κ3) is 7.92. The number of imidazole rings is 1. The summed E-state index contributed by atoms with van der Waals surface area (Å²) in [7, 11) is 1.82. The molecule has 322 valence electrons. The average Bonchev–Trinajstić information content (AvgIpc) is 3.59. The number of fused-ring (bicyclic) bond motifs is 2. The first-order valence-corrected chi connectivity index (χ1v) is 22.1. The maximum absolute atomic E-state index is 13.6. The van der Waals surface area contributed by atoms with Crippen LogP contribution in [0.2, 0.25) is 5.02 Å². The first-order valence-electron chi connectivity index (χ1n) is 21.8. The number of amides is 4. The lowest BCUT2D eigenvalue weighted by Gasteiger charge is -2.46. The first kappa shape index (κ1) is 40.3. The third-order valence-corrected chi connectivity index (χ3v) is 13.9. The lowest BCUT2D eigenvalue weighted by atomic mass is 9.65. The number of benzene rings is 2. The zero-order chi connectivity index (χ0) is 42.5. The van der Waals surface area contributed by atoms with Crippen molar-refractivity contribution in [2.75, 3.05) is 55.0 Å². The number of alkyl halides is 1. The van der Waals surface area contributed by atoms with Crippen molar-refractivity contribution >= 4 is 58.0 Å². The number of pyridine rings is 1. The van der Waals surface area contributed by atoms with Crippen LogP contribution in [0.15, 0.2) is 67.0 Å². The van der Waals surface area contributed by atoms with Crippen molar-refractivity contribution in [2.24, 2.45) is 11.3 Å². The molecule has 0 bridgehead atoms. The van der Waals surface area contributed by atoms with Gasteiger partial charge in [0.15, 0.2) is 17.2 Å². The van der Waals surface area contributed by atoms with Crippen molar-refractivity contribution in [3.05, 3.63) is 88.8 Å². The van der Waals surface area contributed by atoms with Crippen molar-refractivity contribution in [1.29, 1.82) is 0 Å². The van der Waals surface area contributed by atoms with Gasteiger partial charge in [0.2, 0.25) is 5.91 Å². The second-order valence-electron chi connectivity index (χ2n) is 17.5. The molecule has 3 N–H and O–H groups in total. The lowest BCUT2D eigenvalue weighted by Crippen LogP contribution is -2.49.